The van der Waals surface area contributed by atoms with E-state index in [9.17, 15) is 14.4 Å². The number of para-hydroxylation sites is 1. The molecule has 1 amide bonds. The molecule has 32 heavy (non-hydrogen) atoms. The number of nitrogens with zero attached hydrogens (tertiary/aromatic N) is 2. The lowest BCUT2D eigenvalue weighted by Gasteiger charge is -2.22. The maximum absolute atomic E-state index is 13.5. The van der Waals surface area contributed by atoms with Crippen LogP contribution in [0.25, 0.3) is 11.0 Å². The van der Waals surface area contributed by atoms with Crippen LogP contribution < -0.4 is 10.3 Å². The van der Waals surface area contributed by atoms with Crippen molar-refractivity contribution >= 4 is 55.2 Å². The topological polar surface area (TPSA) is 89.7 Å². The van der Waals surface area contributed by atoms with Crippen molar-refractivity contribution < 1.29 is 18.7 Å². The molecule has 3 heterocycles. The van der Waals surface area contributed by atoms with Gasteiger partial charge in [0, 0.05) is 4.47 Å². The number of aromatic nitrogens is 1. The van der Waals surface area contributed by atoms with E-state index in [2.05, 4.69) is 20.9 Å². The summed E-state index contributed by atoms with van der Waals surface area (Å²) in [5, 5.41) is 0.684. The molecule has 0 fully saturated rings. The lowest BCUT2D eigenvalue weighted by Crippen LogP contribution is -2.29. The molecule has 1 aliphatic rings. The van der Waals surface area contributed by atoms with Crippen molar-refractivity contribution in [2.45, 2.75) is 13.0 Å². The van der Waals surface area contributed by atoms with E-state index in [0.29, 0.717) is 21.5 Å². The molecule has 1 aliphatic heterocycles. The molecule has 2 aromatic carbocycles. The second-order valence-electron chi connectivity index (χ2n) is 7.20. The average molecular weight is 511 g/mol. The van der Waals surface area contributed by atoms with Crippen LogP contribution in [-0.4, -0.2) is 24.0 Å². The predicted molar refractivity (Wildman–Crippen MR) is 123 cm³/mol. The number of fused-ring (bicyclic) bond motifs is 2. The number of halogens is 1. The van der Waals surface area contributed by atoms with Gasteiger partial charge >= 0.3 is 5.97 Å². The van der Waals surface area contributed by atoms with Crippen molar-refractivity contribution in [1.82, 2.24) is 4.98 Å². The fraction of sp³-hybridized carbons (Fsp3) is 0.130. The SMILES string of the molecule is COC(=O)c1sc(N2C(=O)c3oc4ccccc4c(=O)c3[C@@H]2c2ccc(Br)cc2)nc1C. The second kappa shape index (κ2) is 7.68. The summed E-state index contributed by atoms with van der Waals surface area (Å²) >= 11 is 4.46. The first-order chi connectivity index (χ1) is 15.4. The Kier molecular flexibility index (Phi) is 4.94. The first-order valence-corrected chi connectivity index (χ1v) is 11.2. The molecule has 4 aromatic rings. The van der Waals surface area contributed by atoms with E-state index >= 15 is 0 Å². The predicted octanol–water partition coefficient (Wildman–Crippen LogP) is 4.86. The Morgan fingerprint density at radius 3 is 2.59 bits per heavy atom. The number of thiazole rings is 1. The number of rotatable bonds is 3. The van der Waals surface area contributed by atoms with E-state index in [4.69, 9.17) is 9.15 Å². The van der Waals surface area contributed by atoms with Gasteiger partial charge in [-0.1, -0.05) is 51.5 Å². The number of esters is 1. The number of hydrogen-bond acceptors (Lipinski definition) is 7. The Morgan fingerprint density at radius 1 is 1.16 bits per heavy atom. The molecular formula is C23H15BrN2O5S. The minimum atomic E-state index is -0.748. The molecule has 7 nitrogen and oxygen atoms in total. The first kappa shape index (κ1) is 20.6. The van der Waals surface area contributed by atoms with Crippen molar-refractivity contribution in [3.05, 3.63) is 90.7 Å². The summed E-state index contributed by atoms with van der Waals surface area (Å²) in [4.78, 5) is 45.3. The van der Waals surface area contributed by atoms with Crippen molar-refractivity contribution in [3.8, 4) is 0 Å². The maximum Gasteiger partial charge on any atom is 0.350 e. The summed E-state index contributed by atoms with van der Waals surface area (Å²) in [6.45, 7) is 1.67. The van der Waals surface area contributed by atoms with Crippen molar-refractivity contribution in [2.75, 3.05) is 12.0 Å². The van der Waals surface area contributed by atoms with Crippen LogP contribution >= 0.6 is 27.3 Å². The van der Waals surface area contributed by atoms with Crippen LogP contribution in [0, 0.1) is 6.92 Å². The van der Waals surface area contributed by atoms with Crippen LogP contribution in [-0.2, 0) is 4.74 Å². The smallest absolute Gasteiger partial charge is 0.350 e. The van der Waals surface area contributed by atoms with Gasteiger partial charge in [0.1, 0.15) is 10.5 Å². The Hall–Kier alpha value is -3.30. The van der Waals surface area contributed by atoms with E-state index in [-0.39, 0.29) is 21.9 Å². The molecular weight excluding hydrogens is 496 g/mol. The molecule has 0 radical (unpaired) electrons. The summed E-state index contributed by atoms with van der Waals surface area (Å²) in [7, 11) is 1.29. The largest absolute Gasteiger partial charge is 0.465 e. The van der Waals surface area contributed by atoms with Crippen LogP contribution in [0.2, 0.25) is 0 Å². The highest BCUT2D eigenvalue weighted by Crippen LogP contribution is 2.43. The summed E-state index contributed by atoms with van der Waals surface area (Å²) < 4.78 is 11.6. The zero-order chi connectivity index (χ0) is 22.6. The molecule has 0 saturated carbocycles. The molecule has 0 spiro atoms. The van der Waals surface area contributed by atoms with Crippen LogP contribution in [0.5, 0.6) is 0 Å². The third kappa shape index (κ3) is 3.08. The van der Waals surface area contributed by atoms with Gasteiger partial charge in [-0.2, -0.15) is 0 Å². The van der Waals surface area contributed by atoms with Crippen molar-refractivity contribution in [2.24, 2.45) is 0 Å². The maximum atomic E-state index is 13.5. The Balaban J connectivity index is 1.78. The molecule has 1 atom stereocenters. The summed E-state index contributed by atoms with van der Waals surface area (Å²) in [5.41, 5.74) is 1.48. The highest BCUT2D eigenvalue weighted by molar-refractivity contribution is 9.10. The van der Waals surface area contributed by atoms with Crippen LogP contribution in [0.15, 0.2) is 62.2 Å². The molecule has 0 unspecified atom stereocenters. The number of carbonyl (C=O) groups excluding carboxylic acids is 2. The average Bonchev–Trinajstić information content (AvgIpc) is 3.31. The number of hydrogen-bond donors (Lipinski definition) is 0. The fourth-order valence-electron chi connectivity index (χ4n) is 3.84. The summed E-state index contributed by atoms with van der Waals surface area (Å²) in [6, 6.07) is 13.4. The van der Waals surface area contributed by atoms with Gasteiger partial charge < -0.3 is 9.15 Å². The van der Waals surface area contributed by atoms with E-state index in [0.717, 1.165) is 21.4 Å². The van der Waals surface area contributed by atoms with Crippen LogP contribution in [0.3, 0.4) is 0 Å². The minimum Gasteiger partial charge on any atom is -0.465 e. The number of benzene rings is 2. The highest BCUT2D eigenvalue weighted by atomic mass is 79.9. The van der Waals surface area contributed by atoms with E-state index < -0.39 is 17.9 Å². The molecule has 0 N–H and O–H groups in total. The van der Waals surface area contributed by atoms with Crippen LogP contribution in [0.1, 0.15) is 43.1 Å². The lowest BCUT2D eigenvalue weighted by molar-refractivity contribution is 0.0605. The normalized spacial score (nSPS) is 15.3. The van der Waals surface area contributed by atoms with Gasteiger partial charge in [-0.05, 0) is 36.8 Å². The number of amides is 1. The van der Waals surface area contributed by atoms with Gasteiger partial charge in [0.2, 0.25) is 5.76 Å². The molecule has 0 aliphatic carbocycles. The van der Waals surface area contributed by atoms with Crippen molar-refractivity contribution in [3.63, 3.8) is 0 Å². The monoisotopic (exact) mass is 510 g/mol. The van der Waals surface area contributed by atoms with Gasteiger partial charge in [0.25, 0.3) is 5.91 Å². The third-order valence-corrected chi connectivity index (χ3v) is 6.99. The Labute approximate surface area is 194 Å². The molecule has 0 saturated heterocycles. The quantitative estimate of drug-likeness (QED) is 0.365. The summed E-state index contributed by atoms with van der Waals surface area (Å²) in [6.07, 6.45) is 0. The number of aryl methyl sites for hydroxylation is 1. The van der Waals surface area contributed by atoms with E-state index in [1.165, 1.54) is 12.0 Å². The molecule has 2 aromatic heterocycles. The number of ether oxygens (including phenoxy) is 1. The highest BCUT2D eigenvalue weighted by Gasteiger charge is 2.45. The fourth-order valence-corrected chi connectivity index (χ4v) is 5.12. The molecule has 160 valence electrons. The van der Waals surface area contributed by atoms with Gasteiger partial charge in [0.05, 0.1) is 29.8 Å². The molecule has 9 heteroatoms. The first-order valence-electron chi connectivity index (χ1n) is 9.61. The zero-order valence-electron chi connectivity index (χ0n) is 16.9. The lowest BCUT2D eigenvalue weighted by atomic mass is 9.99. The third-order valence-electron chi connectivity index (χ3n) is 5.33. The molecule has 0 bridgehead atoms. The zero-order valence-corrected chi connectivity index (χ0v) is 19.3. The standard InChI is InChI=1S/C23H15BrN2O5S/c1-11-20(22(29)30-2)32-23(25-11)26-17(12-7-9-13(24)10-8-12)16-18(27)14-5-3-4-6-15(14)31-19(16)21(26)28/h3-10,17H,1-2H3/t17-/m0/s1. The van der Waals surface area contributed by atoms with Gasteiger partial charge in [-0.15, -0.1) is 0 Å². The number of anilines is 1. The minimum absolute atomic E-state index is 0.0194. The van der Waals surface area contributed by atoms with E-state index in [1.54, 1.807) is 31.2 Å². The van der Waals surface area contributed by atoms with Crippen molar-refractivity contribution in [1.29, 1.82) is 0 Å². The molecule has 5 rings (SSSR count). The number of carbonyl (C=O) groups is 2. The van der Waals surface area contributed by atoms with Gasteiger partial charge in [-0.25, -0.2) is 9.78 Å². The Bertz CT molecular complexity index is 1460. The number of methoxy groups -OCH3 is 1. The summed E-state index contributed by atoms with van der Waals surface area (Å²) in [5.74, 6) is -1.04. The Morgan fingerprint density at radius 2 is 1.88 bits per heavy atom. The van der Waals surface area contributed by atoms with Gasteiger partial charge in [-0.3, -0.25) is 14.5 Å². The second-order valence-corrected chi connectivity index (χ2v) is 9.10. The van der Waals surface area contributed by atoms with Crippen LogP contribution in [0.4, 0.5) is 5.13 Å². The van der Waals surface area contributed by atoms with Gasteiger partial charge in [0.15, 0.2) is 10.6 Å². The van der Waals surface area contributed by atoms with E-state index in [1.807, 2.05) is 24.3 Å².